The minimum Gasteiger partial charge on any atom is -0.329 e. The Bertz CT molecular complexity index is 496. The van der Waals surface area contributed by atoms with Crippen LogP contribution in [0.5, 0.6) is 0 Å². The molecule has 0 aliphatic rings. The monoisotopic (exact) mass is 283 g/mol. The first-order valence-electron chi connectivity index (χ1n) is 4.85. The van der Waals surface area contributed by atoms with Crippen molar-refractivity contribution in [3.05, 3.63) is 52.3 Å². The third kappa shape index (κ3) is 2.15. The van der Waals surface area contributed by atoms with Gasteiger partial charge in [0.25, 0.3) is 0 Å². The van der Waals surface area contributed by atoms with Gasteiger partial charge < -0.3 is 10.3 Å². The lowest BCUT2D eigenvalue weighted by atomic mass is 10.2. The second-order valence-corrected chi connectivity index (χ2v) is 4.18. The van der Waals surface area contributed by atoms with Crippen molar-refractivity contribution < 1.29 is 4.39 Å². The van der Waals surface area contributed by atoms with Crippen molar-refractivity contribution in [3.63, 3.8) is 0 Å². The molecular weight excluding hydrogens is 273 g/mol. The standard InChI is InChI=1S/C11H11BrFN3/c12-11-8(2-1-3-9(11)13)7-16-5-4-15-10(16)6-14/h1-5H,6-7,14H2. The molecule has 0 amide bonds. The molecule has 3 nitrogen and oxygen atoms in total. The van der Waals surface area contributed by atoms with Gasteiger partial charge >= 0.3 is 0 Å². The number of hydrogen-bond acceptors (Lipinski definition) is 2. The molecule has 0 spiro atoms. The first-order chi connectivity index (χ1) is 7.72. The van der Waals surface area contributed by atoms with Crippen molar-refractivity contribution in [1.82, 2.24) is 9.55 Å². The summed E-state index contributed by atoms with van der Waals surface area (Å²) in [6.07, 6.45) is 3.52. The highest BCUT2D eigenvalue weighted by Crippen LogP contribution is 2.21. The van der Waals surface area contributed by atoms with E-state index in [4.69, 9.17) is 5.73 Å². The number of halogens is 2. The van der Waals surface area contributed by atoms with Gasteiger partial charge in [0.05, 0.1) is 17.6 Å². The van der Waals surface area contributed by atoms with Gasteiger partial charge in [-0.25, -0.2) is 9.37 Å². The van der Waals surface area contributed by atoms with Crippen LogP contribution < -0.4 is 5.73 Å². The van der Waals surface area contributed by atoms with E-state index >= 15 is 0 Å². The predicted octanol–water partition coefficient (Wildman–Crippen LogP) is 2.29. The molecule has 0 saturated heterocycles. The largest absolute Gasteiger partial charge is 0.329 e. The summed E-state index contributed by atoms with van der Waals surface area (Å²) in [5.41, 5.74) is 6.42. The van der Waals surface area contributed by atoms with Crippen LogP contribution >= 0.6 is 15.9 Å². The maximum absolute atomic E-state index is 13.3. The summed E-state index contributed by atoms with van der Waals surface area (Å²) in [6.45, 7) is 0.935. The molecule has 0 bridgehead atoms. The summed E-state index contributed by atoms with van der Waals surface area (Å²) in [6, 6.07) is 4.98. The molecule has 2 rings (SSSR count). The minimum absolute atomic E-state index is 0.257. The Labute approximate surface area is 101 Å². The Morgan fingerprint density at radius 3 is 3.00 bits per heavy atom. The topological polar surface area (TPSA) is 43.8 Å². The Balaban J connectivity index is 2.30. The van der Waals surface area contributed by atoms with Gasteiger partial charge in [-0.3, -0.25) is 0 Å². The third-order valence-electron chi connectivity index (χ3n) is 2.36. The van der Waals surface area contributed by atoms with Crippen molar-refractivity contribution in [1.29, 1.82) is 0 Å². The summed E-state index contributed by atoms with van der Waals surface area (Å²) >= 11 is 3.23. The molecule has 16 heavy (non-hydrogen) atoms. The Kier molecular flexibility index (Phi) is 3.36. The summed E-state index contributed by atoms with van der Waals surface area (Å²) in [4.78, 5) is 4.11. The number of hydrogen-bond donors (Lipinski definition) is 1. The third-order valence-corrected chi connectivity index (χ3v) is 3.24. The number of imidazole rings is 1. The van der Waals surface area contributed by atoms with Crippen LogP contribution in [-0.2, 0) is 13.1 Å². The molecule has 1 aromatic carbocycles. The second kappa shape index (κ2) is 4.76. The fourth-order valence-corrected chi connectivity index (χ4v) is 1.92. The smallest absolute Gasteiger partial charge is 0.137 e. The molecule has 84 valence electrons. The summed E-state index contributed by atoms with van der Waals surface area (Å²) in [5.74, 6) is 0.531. The zero-order chi connectivity index (χ0) is 11.5. The lowest BCUT2D eigenvalue weighted by molar-refractivity contribution is 0.614. The number of nitrogens with two attached hydrogens (primary N) is 1. The van der Waals surface area contributed by atoms with Gasteiger partial charge in [-0.05, 0) is 27.6 Å². The van der Waals surface area contributed by atoms with Crippen molar-refractivity contribution >= 4 is 15.9 Å². The Morgan fingerprint density at radius 1 is 1.44 bits per heavy atom. The van der Waals surface area contributed by atoms with Crippen molar-refractivity contribution in [2.75, 3.05) is 0 Å². The van der Waals surface area contributed by atoms with Crippen LogP contribution in [0.3, 0.4) is 0 Å². The van der Waals surface area contributed by atoms with Crippen LogP contribution in [0.1, 0.15) is 11.4 Å². The van der Waals surface area contributed by atoms with E-state index in [9.17, 15) is 4.39 Å². The fraction of sp³-hybridized carbons (Fsp3) is 0.182. The van der Waals surface area contributed by atoms with Crippen LogP contribution in [0.2, 0.25) is 0 Å². The second-order valence-electron chi connectivity index (χ2n) is 3.39. The molecule has 0 aliphatic carbocycles. The molecule has 0 atom stereocenters. The van der Waals surface area contributed by atoms with Crippen molar-refractivity contribution in [2.45, 2.75) is 13.1 Å². The molecule has 0 aliphatic heterocycles. The van der Waals surface area contributed by atoms with Crippen molar-refractivity contribution in [3.8, 4) is 0 Å². The normalized spacial score (nSPS) is 10.7. The summed E-state index contributed by atoms with van der Waals surface area (Å²) < 4.78 is 15.7. The quantitative estimate of drug-likeness (QED) is 0.939. The van der Waals surface area contributed by atoms with Gasteiger partial charge in [0.1, 0.15) is 11.6 Å². The minimum atomic E-state index is -0.257. The Hall–Kier alpha value is -1.20. The molecule has 1 heterocycles. The van der Waals surface area contributed by atoms with Crippen LogP contribution in [0.4, 0.5) is 4.39 Å². The Morgan fingerprint density at radius 2 is 2.25 bits per heavy atom. The van der Waals surface area contributed by atoms with Crippen LogP contribution in [0, 0.1) is 5.82 Å². The van der Waals surface area contributed by atoms with Gasteiger partial charge in [0, 0.05) is 12.4 Å². The van der Waals surface area contributed by atoms with Gasteiger partial charge in [0.15, 0.2) is 0 Å². The zero-order valence-electron chi connectivity index (χ0n) is 8.53. The van der Waals surface area contributed by atoms with E-state index in [1.165, 1.54) is 6.07 Å². The van der Waals surface area contributed by atoms with E-state index in [1.807, 2.05) is 16.8 Å². The highest BCUT2D eigenvalue weighted by molar-refractivity contribution is 9.10. The van der Waals surface area contributed by atoms with E-state index in [1.54, 1.807) is 12.3 Å². The molecule has 0 radical (unpaired) electrons. The fourth-order valence-electron chi connectivity index (χ4n) is 1.53. The molecule has 0 fully saturated rings. The number of aromatic nitrogens is 2. The number of benzene rings is 1. The maximum Gasteiger partial charge on any atom is 0.137 e. The molecular formula is C11H11BrFN3. The number of nitrogens with zero attached hydrogens (tertiary/aromatic N) is 2. The van der Waals surface area contributed by atoms with E-state index in [0.29, 0.717) is 17.6 Å². The van der Waals surface area contributed by atoms with Crippen LogP contribution in [0.25, 0.3) is 0 Å². The average molecular weight is 284 g/mol. The number of rotatable bonds is 3. The highest BCUT2D eigenvalue weighted by Gasteiger charge is 2.07. The predicted molar refractivity (Wildman–Crippen MR) is 63.3 cm³/mol. The highest BCUT2D eigenvalue weighted by atomic mass is 79.9. The van der Waals surface area contributed by atoms with E-state index < -0.39 is 0 Å². The average Bonchev–Trinajstić information content (AvgIpc) is 2.72. The van der Waals surface area contributed by atoms with E-state index in [-0.39, 0.29) is 5.82 Å². The van der Waals surface area contributed by atoms with Crippen molar-refractivity contribution in [2.24, 2.45) is 5.73 Å². The summed E-state index contributed by atoms with van der Waals surface area (Å²) in [5, 5.41) is 0. The molecule has 5 heteroatoms. The zero-order valence-corrected chi connectivity index (χ0v) is 10.1. The lowest BCUT2D eigenvalue weighted by Gasteiger charge is -2.08. The van der Waals surface area contributed by atoms with Gasteiger partial charge in [-0.1, -0.05) is 12.1 Å². The first kappa shape index (κ1) is 11.3. The van der Waals surface area contributed by atoms with Gasteiger partial charge in [0.2, 0.25) is 0 Å². The SMILES string of the molecule is NCc1nccn1Cc1cccc(F)c1Br. The van der Waals surface area contributed by atoms with Crippen LogP contribution in [-0.4, -0.2) is 9.55 Å². The van der Waals surface area contributed by atoms with E-state index in [0.717, 1.165) is 11.4 Å². The van der Waals surface area contributed by atoms with Gasteiger partial charge in [-0.15, -0.1) is 0 Å². The lowest BCUT2D eigenvalue weighted by Crippen LogP contribution is -2.09. The first-order valence-corrected chi connectivity index (χ1v) is 5.64. The molecule has 0 unspecified atom stereocenters. The molecule has 2 N–H and O–H groups in total. The van der Waals surface area contributed by atoms with Gasteiger partial charge in [-0.2, -0.15) is 0 Å². The molecule has 1 aromatic heterocycles. The molecule has 0 saturated carbocycles. The molecule has 2 aromatic rings. The van der Waals surface area contributed by atoms with E-state index in [2.05, 4.69) is 20.9 Å². The maximum atomic E-state index is 13.3. The van der Waals surface area contributed by atoms with Crippen LogP contribution in [0.15, 0.2) is 35.1 Å². The summed E-state index contributed by atoms with van der Waals surface area (Å²) in [7, 11) is 0.